The van der Waals surface area contributed by atoms with Crippen molar-refractivity contribution in [2.75, 3.05) is 26.2 Å². The number of nitrogens with zero attached hydrogens (tertiary/aromatic N) is 1. The lowest BCUT2D eigenvalue weighted by atomic mass is 9.77. The smallest absolute Gasteiger partial charge is 0.311 e. The van der Waals surface area contributed by atoms with Gasteiger partial charge in [-0.25, -0.2) is 0 Å². The summed E-state index contributed by atoms with van der Waals surface area (Å²) in [6.45, 7) is 4.72. The quantitative estimate of drug-likeness (QED) is 0.804. The Morgan fingerprint density at radius 3 is 2.79 bits per heavy atom. The van der Waals surface area contributed by atoms with Crippen LogP contribution in [-0.4, -0.2) is 48.1 Å². The van der Waals surface area contributed by atoms with Gasteiger partial charge >= 0.3 is 5.97 Å². The van der Waals surface area contributed by atoms with Crippen molar-refractivity contribution >= 4 is 11.9 Å². The van der Waals surface area contributed by atoms with Crippen molar-refractivity contribution < 1.29 is 14.7 Å². The Morgan fingerprint density at radius 1 is 1.42 bits per heavy atom. The second-order valence-electron chi connectivity index (χ2n) is 5.85. The van der Waals surface area contributed by atoms with E-state index in [1.807, 2.05) is 6.92 Å². The Hall–Kier alpha value is -1.10. The maximum absolute atomic E-state index is 12.5. The van der Waals surface area contributed by atoms with Crippen LogP contribution in [0.2, 0.25) is 0 Å². The number of carbonyl (C=O) groups excluding carboxylic acids is 1. The predicted octanol–water partition coefficient (Wildman–Crippen LogP) is 1.09. The minimum Gasteiger partial charge on any atom is -0.481 e. The van der Waals surface area contributed by atoms with Gasteiger partial charge in [-0.3, -0.25) is 9.59 Å². The average Bonchev–Trinajstić information content (AvgIpc) is 2.47. The van der Waals surface area contributed by atoms with Gasteiger partial charge in [-0.15, -0.1) is 0 Å². The number of hydrogen-bond donors (Lipinski definition) is 2. The van der Waals surface area contributed by atoms with E-state index < -0.39 is 11.4 Å². The Labute approximate surface area is 114 Å². The van der Waals surface area contributed by atoms with E-state index in [-0.39, 0.29) is 11.8 Å². The number of carboxylic acids is 1. The minimum absolute atomic E-state index is 0.0372. The van der Waals surface area contributed by atoms with Crippen LogP contribution < -0.4 is 5.32 Å². The molecule has 2 aliphatic rings. The fourth-order valence-electron chi connectivity index (χ4n) is 3.26. The summed E-state index contributed by atoms with van der Waals surface area (Å²) in [6, 6.07) is 0. The van der Waals surface area contributed by atoms with Crippen LogP contribution in [0, 0.1) is 11.3 Å². The lowest BCUT2D eigenvalue weighted by molar-refractivity contribution is -0.156. The molecule has 2 atom stereocenters. The molecular weight excluding hydrogens is 244 g/mol. The molecule has 0 aliphatic carbocycles. The number of nitrogens with one attached hydrogen (secondary N) is 1. The highest BCUT2D eigenvalue weighted by molar-refractivity contribution is 5.81. The highest BCUT2D eigenvalue weighted by atomic mass is 16.4. The standard InChI is InChI=1S/C14H24N2O3/c1-2-14(13(18)19)6-4-8-16(10-14)12(17)11-5-3-7-15-9-11/h11,15H,2-10H2,1H3,(H,18,19)/t11-,14?/m1/s1. The van der Waals surface area contributed by atoms with Gasteiger partial charge in [0.25, 0.3) is 0 Å². The van der Waals surface area contributed by atoms with Crippen molar-refractivity contribution in [2.24, 2.45) is 11.3 Å². The molecule has 2 rings (SSSR count). The van der Waals surface area contributed by atoms with Crippen LogP contribution in [0.5, 0.6) is 0 Å². The molecule has 0 saturated carbocycles. The van der Waals surface area contributed by atoms with Crippen molar-refractivity contribution in [3.8, 4) is 0 Å². The molecule has 0 bridgehead atoms. The highest BCUT2D eigenvalue weighted by Crippen LogP contribution is 2.34. The number of likely N-dealkylation sites (tertiary alicyclic amines) is 1. The molecule has 1 unspecified atom stereocenters. The highest BCUT2D eigenvalue weighted by Gasteiger charge is 2.43. The summed E-state index contributed by atoms with van der Waals surface area (Å²) < 4.78 is 0. The van der Waals surface area contributed by atoms with Crippen LogP contribution in [0.4, 0.5) is 0 Å². The maximum Gasteiger partial charge on any atom is 0.311 e. The molecule has 0 spiro atoms. The summed E-state index contributed by atoms with van der Waals surface area (Å²) in [6.07, 6.45) is 4.03. The molecule has 2 saturated heterocycles. The van der Waals surface area contributed by atoms with Gasteiger partial charge in [-0.2, -0.15) is 0 Å². The monoisotopic (exact) mass is 268 g/mol. The molecule has 0 aromatic rings. The third-order valence-electron chi connectivity index (χ3n) is 4.67. The van der Waals surface area contributed by atoms with Crippen molar-refractivity contribution in [3.63, 3.8) is 0 Å². The predicted molar refractivity (Wildman–Crippen MR) is 71.8 cm³/mol. The topological polar surface area (TPSA) is 69.6 Å². The van der Waals surface area contributed by atoms with Crippen LogP contribution in [0.25, 0.3) is 0 Å². The summed E-state index contributed by atoms with van der Waals surface area (Å²) in [5.41, 5.74) is -0.726. The molecule has 0 aromatic heterocycles. The van der Waals surface area contributed by atoms with Gasteiger partial charge in [0.15, 0.2) is 0 Å². The zero-order valence-corrected chi connectivity index (χ0v) is 11.7. The molecule has 0 radical (unpaired) electrons. The SMILES string of the molecule is CCC1(C(=O)O)CCCN(C(=O)[C@@H]2CCCNC2)C1. The van der Waals surface area contributed by atoms with E-state index >= 15 is 0 Å². The molecule has 108 valence electrons. The fraction of sp³-hybridized carbons (Fsp3) is 0.857. The number of carboxylic acid groups (broad SMARTS) is 1. The first kappa shape index (κ1) is 14.3. The summed E-state index contributed by atoms with van der Waals surface area (Å²) in [5, 5.41) is 12.7. The Balaban J connectivity index is 2.03. The molecule has 2 N–H and O–H groups in total. The van der Waals surface area contributed by atoms with Gasteiger partial charge in [0.05, 0.1) is 11.3 Å². The number of aliphatic carboxylic acids is 1. The molecule has 5 nitrogen and oxygen atoms in total. The first-order valence-corrected chi connectivity index (χ1v) is 7.32. The van der Waals surface area contributed by atoms with E-state index in [0.29, 0.717) is 25.9 Å². The second-order valence-corrected chi connectivity index (χ2v) is 5.85. The van der Waals surface area contributed by atoms with Crippen molar-refractivity contribution in [3.05, 3.63) is 0 Å². The number of amides is 1. The van der Waals surface area contributed by atoms with Crippen LogP contribution in [0.1, 0.15) is 39.0 Å². The Kier molecular flexibility index (Phi) is 4.45. The number of carbonyl (C=O) groups is 2. The number of hydrogen-bond acceptors (Lipinski definition) is 3. The van der Waals surface area contributed by atoms with Gasteiger partial charge < -0.3 is 15.3 Å². The number of rotatable bonds is 3. The van der Waals surface area contributed by atoms with Crippen molar-refractivity contribution in [1.29, 1.82) is 0 Å². The first-order chi connectivity index (χ1) is 9.09. The Bertz CT molecular complexity index is 353. The van der Waals surface area contributed by atoms with Crippen LogP contribution in [0.3, 0.4) is 0 Å². The van der Waals surface area contributed by atoms with Gasteiger partial charge in [0.1, 0.15) is 0 Å². The minimum atomic E-state index is -0.755. The first-order valence-electron chi connectivity index (χ1n) is 7.32. The van der Waals surface area contributed by atoms with Gasteiger partial charge in [-0.1, -0.05) is 6.92 Å². The van der Waals surface area contributed by atoms with E-state index in [9.17, 15) is 14.7 Å². The maximum atomic E-state index is 12.5. The van der Waals surface area contributed by atoms with Gasteiger partial charge in [0.2, 0.25) is 5.91 Å². The van der Waals surface area contributed by atoms with Gasteiger partial charge in [-0.05, 0) is 38.6 Å². The zero-order valence-electron chi connectivity index (χ0n) is 11.7. The average molecular weight is 268 g/mol. The molecule has 2 aliphatic heterocycles. The molecular formula is C14H24N2O3. The second kappa shape index (κ2) is 5.90. The third kappa shape index (κ3) is 2.91. The fourth-order valence-corrected chi connectivity index (χ4v) is 3.26. The molecule has 0 aromatic carbocycles. The normalized spacial score (nSPS) is 32.1. The van der Waals surface area contributed by atoms with E-state index in [4.69, 9.17) is 0 Å². The summed E-state index contributed by atoms with van der Waals surface area (Å²) in [4.78, 5) is 25.8. The molecule has 2 fully saturated rings. The van der Waals surface area contributed by atoms with Crippen molar-refractivity contribution in [1.82, 2.24) is 10.2 Å². The molecule has 5 heteroatoms. The van der Waals surface area contributed by atoms with Gasteiger partial charge in [0, 0.05) is 19.6 Å². The molecule has 2 heterocycles. The molecule has 1 amide bonds. The molecule has 19 heavy (non-hydrogen) atoms. The number of piperidine rings is 2. The largest absolute Gasteiger partial charge is 0.481 e. The van der Waals surface area contributed by atoms with Crippen LogP contribution in [-0.2, 0) is 9.59 Å². The summed E-state index contributed by atoms with van der Waals surface area (Å²) in [7, 11) is 0. The lowest BCUT2D eigenvalue weighted by Gasteiger charge is -2.41. The summed E-state index contributed by atoms with van der Waals surface area (Å²) >= 11 is 0. The van der Waals surface area contributed by atoms with Crippen LogP contribution >= 0.6 is 0 Å². The lowest BCUT2D eigenvalue weighted by Crippen LogP contribution is -2.52. The van der Waals surface area contributed by atoms with E-state index in [1.54, 1.807) is 4.90 Å². The zero-order chi connectivity index (χ0) is 13.9. The van der Waals surface area contributed by atoms with E-state index in [2.05, 4.69) is 5.32 Å². The Morgan fingerprint density at radius 2 is 2.21 bits per heavy atom. The van der Waals surface area contributed by atoms with E-state index in [0.717, 1.165) is 32.4 Å². The van der Waals surface area contributed by atoms with Crippen LogP contribution in [0.15, 0.2) is 0 Å². The van der Waals surface area contributed by atoms with E-state index in [1.165, 1.54) is 0 Å². The summed E-state index contributed by atoms with van der Waals surface area (Å²) in [5.74, 6) is -0.574. The van der Waals surface area contributed by atoms with Crippen molar-refractivity contribution in [2.45, 2.75) is 39.0 Å². The third-order valence-corrected chi connectivity index (χ3v) is 4.67.